The molecule has 0 aromatic heterocycles. The van der Waals surface area contributed by atoms with Gasteiger partial charge in [0.25, 0.3) is 0 Å². The Kier molecular flexibility index (Phi) is 5.54. The normalized spacial score (nSPS) is 21.5. The molecule has 0 N–H and O–H groups in total. The van der Waals surface area contributed by atoms with Crippen LogP contribution in [-0.4, -0.2) is 0 Å². The molecule has 0 bridgehead atoms. The van der Waals surface area contributed by atoms with E-state index in [1.54, 1.807) is 11.4 Å². The van der Waals surface area contributed by atoms with Crippen LogP contribution >= 0.6 is 49.6 Å². The molecule has 0 radical (unpaired) electrons. The number of fused-ring (bicyclic) bond motifs is 3. The molecule has 4 aromatic rings. The Bertz CT molecular complexity index is 1400. The van der Waals surface area contributed by atoms with E-state index >= 15 is 4.57 Å². The van der Waals surface area contributed by atoms with Crippen LogP contribution in [0.4, 0.5) is 0 Å². The molecule has 1 aliphatic carbocycles. The van der Waals surface area contributed by atoms with Crippen LogP contribution in [0.15, 0.2) is 112 Å². The van der Waals surface area contributed by atoms with Gasteiger partial charge in [0.2, 0.25) is 0 Å². The highest BCUT2D eigenvalue weighted by atomic mass is 79.9. The van der Waals surface area contributed by atoms with Crippen LogP contribution in [-0.2, 0) is 4.57 Å². The summed E-state index contributed by atoms with van der Waals surface area (Å²) in [5.41, 5.74) is 6.57. The topological polar surface area (TPSA) is 17.1 Å². The third-order valence-electron chi connectivity index (χ3n) is 6.40. The zero-order valence-electron chi connectivity index (χ0n) is 17.5. The summed E-state index contributed by atoms with van der Waals surface area (Å²) in [7, 11) is 0. The van der Waals surface area contributed by atoms with Gasteiger partial charge in [-0.25, -0.2) is 0 Å². The van der Waals surface area contributed by atoms with Crippen LogP contribution in [0.25, 0.3) is 16.0 Å². The molecule has 2 aliphatic rings. The molecule has 1 unspecified atom stereocenters. The van der Waals surface area contributed by atoms with E-state index in [1.807, 2.05) is 36.4 Å². The predicted octanol–water partition coefficient (Wildman–Crippen LogP) is 10.1. The third kappa shape index (κ3) is 3.63. The van der Waals surface area contributed by atoms with Crippen LogP contribution in [0.5, 0.6) is 0 Å². The Balaban J connectivity index is 1.58. The maximum atomic E-state index is 15.4. The molecule has 4 aromatic carbocycles. The van der Waals surface area contributed by atoms with Gasteiger partial charge >= 0.3 is 0 Å². The van der Waals surface area contributed by atoms with Crippen molar-refractivity contribution in [2.24, 2.45) is 0 Å². The number of halogens is 2. The van der Waals surface area contributed by atoms with E-state index in [0.29, 0.717) is 0 Å². The van der Waals surface area contributed by atoms with Gasteiger partial charge in [-0.15, -0.1) is 0 Å². The molecule has 0 saturated heterocycles. The summed E-state index contributed by atoms with van der Waals surface area (Å²) >= 11 is 8.93. The minimum absolute atomic E-state index is 0.152. The Labute approximate surface area is 214 Å². The SMILES string of the molecule is O=P1(C2c3cc(Br)ccc3-c3ccc(Br)cc32)SC(c2ccccc2)=C[C@H]1c1ccccc1. The number of benzene rings is 4. The Morgan fingerprint density at radius 3 is 1.82 bits per heavy atom. The summed E-state index contributed by atoms with van der Waals surface area (Å²) in [5, 5.41) is 0. The fraction of sp³-hybridized carbons (Fsp3) is 0.0714. The monoisotopic (exact) mass is 592 g/mol. The van der Waals surface area contributed by atoms with Gasteiger partial charge in [0.15, 0.2) is 6.34 Å². The molecule has 162 valence electrons. The van der Waals surface area contributed by atoms with Crippen molar-refractivity contribution < 1.29 is 4.57 Å². The van der Waals surface area contributed by atoms with Crippen LogP contribution in [0.1, 0.15) is 33.6 Å². The summed E-state index contributed by atoms with van der Waals surface area (Å²) in [6, 6.07) is 33.5. The first-order chi connectivity index (χ1) is 16.0. The van der Waals surface area contributed by atoms with Gasteiger partial charge in [0.1, 0.15) is 0 Å². The first-order valence-electron chi connectivity index (χ1n) is 10.7. The van der Waals surface area contributed by atoms with E-state index < -0.39 is 6.34 Å². The molecule has 5 heteroatoms. The lowest BCUT2D eigenvalue weighted by molar-refractivity contribution is 0.577. The fourth-order valence-corrected chi connectivity index (χ4v) is 12.6. The second-order valence-electron chi connectivity index (χ2n) is 8.35. The molecule has 33 heavy (non-hydrogen) atoms. The Morgan fingerprint density at radius 1 is 0.697 bits per heavy atom. The summed E-state index contributed by atoms with van der Waals surface area (Å²) in [6.07, 6.45) is -0.653. The molecular weight excluding hydrogens is 575 g/mol. The van der Waals surface area contributed by atoms with E-state index in [9.17, 15) is 0 Å². The van der Waals surface area contributed by atoms with Gasteiger partial charge in [-0.2, -0.15) is 0 Å². The van der Waals surface area contributed by atoms with Crippen molar-refractivity contribution in [3.05, 3.63) is 134 Å². The second kappa shape index (κ2) is 8.43. The molecule has 1 aliphatic heterocycles. The zero-order chi connectivity index (χ0) is 22.6. The van der Waals surface area contributed by atoms with Crippen LogP contribution in [0.3, 0.4) is 0 Å². The fourth-order valence-electron chi connectivity index (χ4n) is 4.97. The van der Waals surface area contributed by atoms with E-state index in [-0.39, 0.29) is 11.3 Å². The molecule has 0 spiro atoms. The standard InChI is InChI=1S/C28H19Br2OPS/c29-20-11-13-22-23-14-12-21(30)16-25(23)28(24(22)15-20)32(31)26(18-7-3-1-4-8-18)17-27(33-32)19-9-5-2-6-10-19/h1-17,26,28H/t26-,32?/m0/s1. The van der Waals surface area contributed by atoms with Crippen molar-refractivity contribution in [3.8, 4) is 11.1 Å². The van der Waals surface area contributed by atoms with Gasteiger partial charge in [0, 0.05) is 13.9 Å². The minimum Gasteiger partial charge on any atom is -0.310 e. The molecular formula is C28H19Br2OPS. The van der Waals surface area contributed by atoms with Gasteiger partial charge in [-0.05, 0) is 57.6 Å². The van der Waals surface area contributed by atoms with Crippen molar-refractivity contribution >= 4 is 54.5 Å². The second-order valence-corrected chi connectivity index (χ2v) is 15.4. The minimum atomic E-state index is -2.89. The number of rotatable bonds is 3. The average Bonchev–Trinajstić information content (AvgIpc) is 3.35. The largest absolute Gasteiger partial charge is 0.310 e. The van der Waals surface area contributed by atoms with Gasteiger partial charge in [-0.3, -0.25) is 0 Å². The van der Waals surface area contributed by atoms with Crippen molar-refractivity contribution in [2.75, 3.05) is 0 Å². The molecule has 1 nitrogen and oxygen atoms in total. The predicted molar refractivity (Wildman–Crippen MR) is 148 cm³/mol. The van der Waals surface area contributed by atoms with E-state index in [1.165, 1.54) is 11.1 Å². The summed E-state index contributed by atoms with van der Waals surface area (Å²) in [5.74, 6) is 0. The first kappa shape index (κ1) is 21.7. The van der Waals surface area contributed by atoms with E-state index in [0.717, 1.165) is 36.1 Å². The molecule has 1 heterocycles. The van der Waals surface area contributed by atoms with Crippen LogP contribution in [0.2, 0.25) is 0 Å². The van der Waals surface area contributed by atoms with Gasteiger partial charge in [0.05, 0.1) is 11.3 Å². The van der Waals surface area contributed by atoms with Gasteiger partial charge < -0.3 is 4.57 Å². The van der Waals surface area contributed by atoms with Crippen LogP contribution < -0.4 is 0 Å². The molecule has 0 fully saturated rings. The third-order valence-corrected chi connectivity index (χ3v) is 13.5. The highest BCUT2D eigenvalue weighted by Crippen LogP contribution is 2.86. The number of hydrogen-bond acceptors (Lipinski definition) is 2. The van der Waals surface area contributed by atoms with E-state index in [4.69, 9.17) is 0 Å². The van der Waals surface area contributed by atoms with Crippen LogP contribution in [0, 0.1) is 0 Å². The molecule has 0 saturated carbocycles. The lowest BCUT2D eigenvalue weighted by Crippen LogP contribution is -2.02. The van der Waals surface area contributed by atoms with Crippen molar-refractivity contribution in [1.82, 2.24) is 0 Å². The summed E-state index contributed by atoms with van der Waals surface area (Å²) < 4.78 is 17.4. The lowest BCUT2D eigenvalue weighted by Gasteiger charge is -2.28. The number of allylic oxidation sites excluding steroid dienone is 1. The number of hydrogen-bond donors (Lipinski definition) is 0. The molecule has 6 rings (SSSR count). The van der Waals surface area contributed by atoms with Crippen molar-refractivity contribution in [3.63, 3.8) is 0 Å². The first-order valence-corrected chi connectivity index (χ1v) is 15.6. The quantitative estimate of drug-likeness (QED) is 0.220. The molecule has 2 atom stereocenters. The Morgan fingerprint density at radius 2 is 1.24 bits per heavy atom. The molecule has 0 amide bonds. The maximum Gasteiger partial charge on any atom is 0.165 e. The average molecular weight is 594 g/mol. The lowest BCUT2D eigenvalue weighted by atomic mass is 10.1. The zero-order valence-corrected chi connectivity index (χ0v) is 22.4. The summed E-state index contributed by atoms with van der Waals surface area (Å²) in [4.78, 5) is 1.10. The highest BCUT2D eigenvalue weighted by Gasteiger charge is 2.50. The van der Waals surface area contributed by atoms with Gasteiger partial charge in [-0.1, -0.05) is 122 Å². The highest BCUT2D eigenvalue weighted by molar-refractivity contribution is 9.10. The van der Waals surface area contributed by atoms with Crippen molar-refractivity contribution in [1.29, 1.82) is 0 Å². The smallest absolute Gasteiger partial charge is 0.165 e. The summed E-state index contributed by atoms with van der Waals surface area (Å²) in [6.45, 7) is 0. The maximum absolute atomic E-state index is 15.4. The van der Waals surface area contributed by atoms with Crippen molar-refractivity contribution in [2.45, 2.75) is 11.3 Å². The Hall–Kier alpha value is -1.84. The van der Waals surface area contributed by atoms with E-state index in [2.05, 4.69) is 98.6 Å².